The fraction of sp³-hybridized carbons (Fsp3) is 0.280. The van der Waals surface area contributed by atoms with Crippen LogP contribution in [0.5, 0.6) is 0 Å². The van der Waals surface area contributed by atoms with E-state index in [1.165, 1.54) is 12.1 Å². The summed E-state index contributed by atoms with van der Waals surface area (Å²) in [6.07, 6.45) is 1.38. The molecule has 3 aromatic rings. The quantitative estimate of drug-likeness (QED) is 0.600. The second-order valence-corrected chi connectivity index (χ2v) is 7.32. The van der Waals surface area contributed by atoms with Crippen molar-refractivity contribution in [2.24, 2.45) is 0 Å². The maximum Gasteiger partial charge on any atom is 0.242 e. The van der Waals surface area contributed by atoms with Gasteiger partial charge in [0.15, 0.2) is 0 Å². The third-order valence-electron chi connectivity index (χ3n) is 5.39. The van der Waals surface area contributed by atoms with E-state index < -0.39 is 6.04 Å². The highest BCUT2D eigenvalue weighted by atomic mass is 19.1. The molecule has 2 amide bonds. The van der Waals surface area contributed by atoms with Gasteiger partial charge in [0.25, 0.3) is 0 Å². The zero-order valence-corrected chi connectivity index (χ0v) is 17.4. The van der Waals surface area contributed by atoms with Gasteiger partial charge in [0.2, 0.25) is 11.8 Å². The first-order valence-corrected chi connectivity index (χ1v) is 10.3. The molecule has 5 heteroatoms. The van der Waals surface area contributed by atoms with Crippen molar-refractivity contribution in [1.82, 2.24) is 10.2 Å². The number of amides is 2. The van der Waals surface area contributed by atoms with E-state index >= 15 is 0 Å². The summed E-state index contributed by atoms with van der Waals surface area (Å²) in [7, 11) is 1.57. The van der Waals surface area contributed by atoms with Crippen LogP contribution in [-0.4, -0.2) is 29.8 Å². The summed E-state index contributed by atoms with van der Waals surface area (Å²) in [4.78, 5) is 27.2. The number of hydrogen-bond donors (Lipinski definition) is 1. The zero-order valence-electron chi connectivity index (χ0n) is 17.4. The molecule has 0 aromatic heterocycles. The van der Waals surface area contributed by atoms with Crippen molar-refractivity contribution in [3.05, 3.63) is 83.7 Å². The number of nitrogens with one attached hydrogen (secondary N) is 1. The van der Waals surface area contributed by atoms with Crippen molar-refractivity contribution < 1.29 is 14.0 Å². The summed E-state index contributed by atoms with van der Waals surface area (Å²) >= 11 is 0. The molecule has 0 spiro atoms. The smallest absolute Gasteiger partial charge is 0.242 e. The van der Waals surface area contributed by atoms with Crippen LogP contribution in [0.15, 0.2) is 66.7 Å². The second-order valence-electron chi connectivity index (χ2n) is 7.32. The highest BCUT2D eigenvalue weighted by Crippen LogP contribution is 2.21. The third-order valence-corrected chi connectivity index (χ3v) is 5.39. The number of carbonyl (C=O) groups excluding carboxylic acids is 2. The SMILES string of the molecule is CCC(C(=O)NC)N(Cc1ccc(F)cc1)C(=O)CCc1cccc2ccccc12. The molecule has 0 aliphatic rings. The van der Waals surface area contributed by atoms with Crippen LogP contribution >= 0.6 is 0 Å². The van der Waals surface area contributed by atoms with E-state index in [2.05, 4.69) is 23.5 Å². The van der Waals surface area contributed by atoms with Crippen LogP contribution in [-0.2, 0) is 22.6 Å². The number of likely N-dealkylation sites (N-methyl/N-ethyl adjacent to an activating group) is 1. The maximum absolute atomic E-state index is 13.3. The molecule has 1 unspecified atom stereocenters. The number of nitrogens with zero attached hydrogens (tertiary/aromatic N) is 1. The molecule has 0 radical (unpaired) electrons. The molecular weight excluding hydrogens is 379 g/mol. The van der Waals surface area contributed by atoms with Gasteiger partial charge in [0, 0.05) is 20.0 Å². The highest BCUT2D eigenvalue weighted by molar-refractivity contribution is 5.89. The standard InChI is InChI=1S/C25H27FN2O2/c1-3-23(25(30)27-2)28(17-18-11-14-21(26)15-12-18)24(29)16-13-20-9-6-8-19-7-4-5-10-22(19)20/h4-12,14-15,23H,3,13,16-17H2,1-2H3,(H,27,30). The van der Waals surface area contributed by atoms with E-state index in [1.54, 1.807) is 24.1 Å². The van der Waals surface area contributed by atoms with E-state index in [4.69, 9.17) is 0 Å². The number of carbonyl (C=O) groups is 2. The maximum atomic E-state index is 13.3. The Morgan fingerprint density at radius 1 is 1.00 bits per heavy atom. The summed E-state index contributed by atoms with van der Waals surface area (Å²) in [5, 5.41) is 4.93. The lowest BCUT2D eigenvalue weighted by molar-refractivity contribution is -0.141. The fourth-order valence-electron chi connectivity index (χ4n) is 3.77. The van der Waals surface area contributed by atoms with Gasteiger partial charge in [-0.1, -0.05) is 61.5 Å². The molecule has 0 aliphatic heterocycles. The fourth-order valence-corrected chi connectivity index (χ4v) is 3.77. The first-order chi connectivity index (χ1) is 14.5. The van der Waals surface area contributed by atoms with Crippen molar-refractivity contribution in [3.8, 4) is 0 Å². The van der Waals surface area contributed by atoms with E-state index in [9.17, 15) is 14.0 Å². The first kappa shape index (κ1) is 21.5. The van der Waals surface area contributed by atoms with Crippen molar-refractivity contribution in [1.29, 1.82) is 0 Å². The number of hydrogen-bond acceptors (Lipinski definition) is 2. The van der Waals surface area contributed by atoms with Crippen LogP contribution in [0, 0.1) is 5.82 Å². The molecule has 0 saturated heterocycles. The molecule has 30 heavy (non-hydrogen) atoms. The minimum atomic E-state index is -0.569. The molecular formula is C25H27FN2O2. The lowest BCUT2D eigenvalue weighted by Gasteiger charge is -2.30. The van der Waals surface area contributed by atoms with E-state index in [0.29, 0.717) is 19.3 Å². The van der Waals surface area contributed by atoms with Crippen molar-refractivity contribution >= 4 is 22.6 Å². The molecule has 3 rings (SSSR count). The summed E-state index contributed by atoms with van der Waals surface area (Å²) < 4.78 is 13.3. The molecule has 1 N–H and O–H groups in total. The Morgan fingerprint density at radius 2 is 1.70 bits per heavy atom. The van der Waals surface area contributed by atoms with Crippen LogP contribution in [0.4, 0.5) is 4.39 Å². The topological polar surface area (TPSA) is 49.4 Å². The number of aryl methyl sites for hydroxylation is 1. The Balaban J connectivity index is 1.81. The average molecular weight is 407 g/mol. The van der Waals surface area contributed by atoms with Crippen LogP contribution in [0.2, 0.25) is 0 Å². The van der Waals surface area contributed by atoms with Gasteiger partial charge in [0.05, 0.1) is 0 Å². The van der Waals surface area contributed by atoms with E-state index in [1.807, 2.05) is 31.2 Å². The Hall–Kier alpha value is -3.21. The second kappa shape index (κ2) is 10.0. The first-order valence-electron chi connectivity index (χ1n) is 10.3. The molecule has 1 atom stereocenters. The summed E-state index contributed by atoms with van der Waals surface area (Å²) in [5.74, 6) is -0.619. The van der Waals surface area contributed by atoms with Gasteiger partial charge in [-0.15, -0.1) is 0 Å². The van der Waals surface area contributed by atoms with Crippen LogP contribution < -0.4 is 5.32 Å². The Kier molecular flexibility index (Phi) is 7.17. The molecule has 4 nitrogen and oxygen atoms in total. The third kappa shape index (κ3) is 5.03. The molecule has 0 saturated carbocycles. The van der Waals surface area contributed by atoms with Gasteiger partial charge >= 0.3 is 0 Å². The lowest BCUT2D eigenvalue weighted by Crippen LogP contribution is -2.48. The van der Waals surface area contributed by atoms with Gasteiger partial charge < -0.3 is 10.2 Å². The molecule has 156 valence electrons. The van der Waals surface area contributed by atoms with Crippen LogP contribution in [0.1, 0.15) is 30.9 Å². The summed E-state index contributed by atoms with van der Waals surface area (Å²) in [6.45, 7) is 2.15. The normalized spacial score (nSPS) is 11.8. The van der Waals surface area contributed by atoms with Crippen molar-refractivity contribution in [3.63, 3.8) is 0 Å². The lowest BCUT2D eigenvalue weighted by atomic mass is 10.00. The average Bonchev–Trinajstić information content (AvgIpc) is 2.78. The number of benzene rings is 3. The Labute approximate surface area is 176 Å². The Bertz CT molecular complexity index is 1010. The molecule has 0 fully saturated rings. The van der Waals surface area contributed by atoms with E-state index in [-0.39, 0.29) is 24.2 Å². The summed E-state index contributed by atoms with van der Waals surface area (Å²) in [5.41, 5.74) is 1.90. The summed E-state index contributed by atoms with van der Waals surface area (Å²) in [6, 6.07) is 19.7. The predicted molar refractivity (Wildman–Crippen MR) is 117 cm³/mol. The van der Waals surface area contributed by atoms with Gasteiger partial charge in [-0.3, -0.25) is 9.59 Å². The molecule has 3 aromatic carbocycles. The monoisotopic (exact) mass is 406 g/mol. The van der Waals surface area contributed by atoms with E-state index in [0.717, 1.165) is 21.9 Å². The van der Waals surface area contributed by atoms with Gasteiger partial charge in [-0.25, -0.2) is 4.39 Å². The number of rotatable bonds is 8. The van der Waals surface area contributed by atoms with Crippen LogP contribution in [0.25, 0.3) is 10.8 Å². The predicted octanol–water partition coefficient (Wildman–Crippen LogP) is 4.46. The van der Waals surface area contributed by atoms with Crippen LogP contribution in [0.3, 0.4) is 0 Å². The van der Waals surface area contributed by atoms with Gasteiger partial charge in [-0.2, -0.15) is 0 Å². The highest BCUT2D eigenvalue weighted by Gasteiger charge is 2.27. The number of fused-ring (bicyclic) bond motifs is 1. The zero-order chi connectivity index (χ0) is 21.5. The van der Waals surface area contributed by atoms with Gasteiger partial charge in [-0.05, 0) is 46.9 Å². The molecule has 0 bridgehead atoms. The largest absolute Gasteiger partial charge is 0.357 e. The Morgan fingerprint density at radius 3 is 2.40 bits per heavy atom. The number of halogens is 1. The minimum Gasteiger partial charge on any atom is -0.357 e. The molecule has 0 aliphatic carbocycles. The minimum absolute atomic E-state index is 0.0947. The van der Waals surface area contributed by atoms with Crippen molar-refractivity contribution in [2.45, 2.75) is 38.8 Å². The van der Waals surface area contributed by atoms with Crippen molar-refractivity contribution in [2.75, 3.05) is 7.05 Å². The molecule has 0 heterocycles. The van der Waals surface area contributed by atoms with Gasteiger partial charge in [0.1, 0.15) is 11.9 Å².